The summed E-state index contributed by atoms with van der Waals surface area (Å²) in [6.07, 6.45) is 1.15. The first-order valence-electron chi connectivity index (χ1n) is 11.1. The molecule has 2 rings (SSSR count). The van der Waals surface area contributed by atoms with E-state index in [0.29, 0.717) is 18.6 Å². The van der Waals surface area contributed by atoms with Crippen molar-refractivity contribution in [1.29, 1.82) is 0 Å². The molecule has 174 valence electrons. The summed E-state index contributed by atoms with van der Waals surface area (Å²) in [5.74, 6) is 0.911. The molecular weight excluding hydrogens is 389 g/mol. The summed E-state index contributed by atoms with van der Waals surface area (Å²) in [7, 11) is 4.49. The summed E-state index contributed by atoms with van der Waals surface area (Å²) in [4.78, 5) is 0. The second kappa shape index (κ2) is 11.6. The van der Waals surface area contributed by atoms with Crippen LogP contribution < -0.4 is 9.44 Å². The number of ether oxygens (including phenoxy) is 2. The Kier molecular flexibility index (Phi) is 10.2. The monoisotopic (exact) mass is 431 g/mol. The number of benzene rings is 2. The summed E-state index contributed by atoms with van der Waals surface area (Å²) >= 11 is 0. The number of halogens is 1. The lowest BCUT2D eigenvalue weighted by atomic mass is 9.72. The van der Waals surface area contributed by atoms with E-state index >= 15 is 0 Å². The Labute approximate surface area is 189 Å². The summed E-state index contributed by atoms with van der Waals surface area (Å²) in [6.45, 7) is 15.5. The first-order chi connectivity index (χ1) is 14.0. The van der Waals surface area contributed by atoms with Crippen LogP contribution >= 0.6 is 0 Å². The number of nitrogens with zero attached hydrogens (tertiary/aromatic N) is 1. The Hall–Kier alpha value is -1.91. The van der Waals surface area contributed by atoms with Crippen LogP contribution in [0.3, 0.4) is 0 Å². The molecule has 2 aromatic carbocycles. The van der Waals surface area contributed by atoms with Gasteiger partial charge in [-0.1, -0.05) is 77.1 Å². The van der Waals surface area contributed by atoms with E-state index < -0.39 is 0 Å². The van der Waals surface area contributed by atoms with Crippen LogP contribution in [0.2, 0.25) is 0 Å². The molecule has 0 bridgehead atoms. The first-order valence-corrected chi connectivity index (χ1v) is 11.1. The van der Waals surface area contributed by atoms with Gasteiger partial charge in [-0.3, -0.25) is 0 Å². The van der Waals surface area contributed by atoms with Gasteiger partial charge < -0.3 is 18.7 Å². The minimum absolute atomic E-state index is 0. The fraction of sp³-hybridized carbons (Fsp3) is 0.556. The third-order valence-corrected chi connectivity index (χ3v) is 5.40. The summed E-state index contributed by atoms with van der Waals surface area (Å²) in [5, 5.41) is 0. The molecule has 3 nitrogen and oxygen atoms in total. The molecule has 0 radical (unpaired) electrons. The highest BCUT2D eigenvalue weighted by Gasteiger charge is 2.27. The van der Waals surface area contributed by atoms with Gasteiger partial charge in [0.1, 0.15) is 25.4 Å². The minimum Gasteiger partial charge on any atom is -1.00 e. The fourth-order valence-electron chi connectivity index (χ4n) is 4.22. The van der Waals surface area contributed by atoms with Crippen molar-refractivity contribution in [3.63, 3.8) is 0 Å². The molecule has 31 heavy (non-hydrogen) atoms. The van der Waals surface area contributed by atoms with Gasteiger partial charge in [0.25, 0.3) is 0 Å². The van der Waals surface area contributed by atoms with Gasteiger partial charge in [-0.25, -0.2) is 0 Å². The maximum Gasteiger partial charge on any atom is 0.119 e. The van der Waals surface area contributed by atoms with Crippen LogP contribution in [0.1, 0.15) is 52.2 Å². The minimum atomic E-state index is 0. The molecule has 0 spiro atoms. The van der Waals surface area contributed by atoms with Crippen molar-refractivity contribution < 1.29 is 18.7 Å². The molecule has 0 aliphatic heterocycles. The molecular formula is C27H42FNO2. The zero-order valence-corrected chi connectivity index (χ0v) is 20.6. The fourth-order valence-corrected chi connectivity index (χ4v) is 4.22. The number of hydrogen-bond donors (Lipinski definition) is 0. The molecule has 0 saturated carbocycles. The number of likely N-dealkylation sites (N-methyl/N-ethyl adjacent to an activating group) is 1. The lowest BCUT2D eigenvalue weighted by Crippen LogP contribution is -3.00. The van der Waals surface area contributed by atoms with E-state index in [1.807, 2.05) is 0 Å². The van der Waals surface area contributed by atoms with Gasteiger partial charge in [0.05, 0.1) is 27.3 Å². The average Bonchev–Trinajstić information content (AvgIpc) is 2.63. The Morgan fingerprint density at radius 2 is 1.39 bits per heavy atom. The zero-order chi connectivity index (χ0) is 22.3. The van der Waals surface area contributed by atoms with E-state index in [2.05, 4.69) is 103 Å². The number of rotatable bonds is 11. The molecule has 0 atom stereocenters. The summed E-state index contributed by atoms with van der Waals surface area (Å²) < 4.78 is 12.6. The van der Waals surface area contributed by atoms with Crippen LogP contribution in [0.5, 0.6) is 5.75 Å². The Morgan fingerprint density at radius 1 is 0.774 bits per heavy atom. The van der Waals surface area contributed by atoms with E-state index in [1.165, 1.54) is 11.1 Å². The maximum absolute atomic E-state index is 5.87. The van der Waals surface area contributed by atoms with Gasteiger partial charge in [0, 0.05) is 5.56 Å². The van der Waals surface area contributed by atoms with Crippen molar-refractivity contribution in [1.82, 2.24) is 0 Å². The highest BCUT2D eigenvalue weighted by atomic mass is 19.0. The molecule has 0 aromatic heterocycles. The molecule has 0 saturated heterocycles. The van der Waals surface area contributed by atoms with Crippen molar-refractivity contribution >= 4 is 0 Å². The summed E-state index contributed by atoms with van der Waals surface area (Å²) in [5.41, 5.74) is 3.19. The van der Waals surface area contributed by atoms with Crippen LogP contribution in [0.4, 0.5) is 0 Å². The Morgan fingerprint density at radius 3 is 1.97 bits per heavy atom. The van der Waals surface area contributed by atoms with Crippen LogP contribution in [0.25, 0.3) is 0 Å². The second-order valence-electron chi connectivity index (χ2n) is 10.9. The largest absolute Gasteiger partial charge is 1.00 e. The van der Waals surface area contributed by atoms with E-state index in [9.17, 15) is 0 Å². The molecule has 0 N–H and O–H groups in total. The van der Waals surface area contributed by atoms with Gasteiger partial charge in [-0.05, 0) is 34.9 Å². The number of hydrogen-bond acceptors (Lipinski definition) is 2. The molecule has 0 fully saturated rings. The van der Waals surface area contributed by atoms with Crippen molar-refractivity contribution in [2.45, 2.75) is 53.0 Å². The molecule has 0 unspecified atom stereocenters. The van der Waals surface area contributed by atoms with Crippen molar-refractivity contribution in [3.8, 4) is 5.75 Å². The highest BCUT2D eigenvalue weighted by molar-refractivity contribution is 5.31. The van der Waals surface area contributed by atoms with Crippen molar-refractivity contribution in [2.75, 3.05) is 40.5 Å². The zero-order valence-electron chi connectivity index (χ0n) is 20.6. The molecule has 2 aromatic rings. The van der Waals surface area contributed by atoms with E-state index in [4.69, 9.17) is 9.47 Å². The van der Waals surface area contributed by atoms with Gasteiger partial charge in [-0.15, -0.1) is 0 Å². The predicted octanol–water partition coefficient (Wildman–Crippen LogP) is 3.08. The van der Waals surface area contributed by atoms with Crippen molar-refractivity contribution in [3.05, 3.63) is 65.7 Å². The third kappa shape index (κ3) is 10.3. The van der Waals surface area contributed by atoms with E-state index in [1.54, 1.807) is 0 Å². The lowest BCUT2D eigenvalue weighted by Gasteiger charge is -2.33. The van der Waals surface area contributed by atoms with Gasteiger partial charge in [0.15, 0.2) is 0 Å². The molecule has 0 aliphatic carbocycles. The van der Waals surface area contributed by atoms with Crippen LogP contribution in [-0.4, -0.2) is 44.9 Å². The Balaban J connectivity index is 0.00000480. The summed E-state index contributed by atoms with van der Waals surface area (Å²) in [6, 6.07) is 19.2. The maximum atomic E-state index is 5.87. The van der Waals surface area contributed by atoms with Crippen molar-refractivity contribution in [2.24, 2.45) is 5.41 Å². The van der Waals surface area contributed by atoms with Crippen LogP contribution in [0.15, 0.2) is 54.6 Å². The molecule has 0 amide bonds. The molecule has 0 heterocycles. The Bertz CT molecular complexity index is 749. The van der Waals surface area contributed by atoms with Gasteiger partial charge in [-0.2, -0.15) is 0 Å². The van der Waals surface area contributed by atoms with E-state index in [-0.39, 0.29) is 10.1 Å². The van der Waals surface area contributed by atoms with Gasteiger partial charge in [0.2, 0.25) is 0 Å². The van der Waals surface area contributed by atoms with Crippen LogP contribution in [-0.2, 0) is 16.7 Å². The molecule has 4 heteroatoms. The van der Waals surface area contributed by atoms with Crippen LogP contribution in [0, 0.1) is 5.41 Å². The standard InChI is InChI=1S/C27H42NO2.FH/c1-26(2,3)22-27(4,5)24-13-15-25(16-14-24)30-20-19-29-18-17-28(6,7)21-23-11-9-8-10-12-23;/h8-16H,17-22H2,1-7H3;1H/q+1;/p-1. The SMILES string of the molecule is CC(C)(C)CC(C)(C)c1ccc(OCCOCC[N+](C)(C)Cc2ccccc2)cc1.[F-]. The van der Waals surface area contributed by atoms with E-state index in [0.717, 1.165) is 36.3 Å². The molecule has 0 aliphatic rings. The second-order valence-corrected chi connectivity index (χ2v) is 10.9. The quantitative estimate of drug-likeness (QED) is 0.402. The number of quaternary nitrogens is 1. The average molecular weight is 432 g/mol. The predicted molar refractivity (Wildman–Crippen MR) is 127 cm³/mol. The lowest BCUT2D eigenvalue weighted by molar-refractivity contribution is -0.904. The first kappa shape index (κ1) is 27.1. The third-order valence-electron chi connectivity index (χ3n) is 5.40. The topological polar surface area (TPSA) is 18.5 Å². The van der Waals surface area contributed by atoms with Gasteiger partial charge >= 0.3 is 0 Å². The highest BCUT2D eigenvalue weighted by Crippen LogP contribution is 2.36. The smallest absolute Gasteiger partial charge is 0.119 e. The normalized spacial score (nSPS) is 12.4.